The number of hydrogen-bond acceptors (Lipinski definition) is 3. The molecule has 2 aromatic carbocycles. The van der Waals surface area contributed by atoms with E-state index in [1.54, 1.807) is 12.1 Å². The van der Waals surface area contributed by atoms with Gasteiger partial charge in [-0.2, -0.15) is 0 Å². The van der Waals surface area contributed by atoms with E-state index >= 15 is 0 Å². The Morgan fingerprint density at radius 1 is 0.964 bits per heavy atom. The average Bonchev–Trinajstić information content (AvgIpc) is 3.16. The fourth-order valence-electron chi connectivity index (χ4n) is 3.10. The van der Waals surface area contributed by atoms with Crippen molar-refractivity contribution in [2.45, 2.75) is 13.5 Å². The number of imidazole rings is 1. The predicted molar refractivity (Wildman–Crippen MR) is 109 cm³/mol. The minimum absolute atomic E-state index is 0.0142. The van der Waals surface area contributed by atoms with E-state index in [0.717, 1.165) is 17.1 Å². The summed E-state index contributed by atoms with van der Waals surface area (Å²) in [5.41, 5.74) is 2.49. The van der Waals surface area contributed by atoms with Gasteiger partial charge in [-0.3, -0.25) is 4.79 Å². The highest BCUT2D eigenvalue weighted by Gasteiger charge is 2.16. The molecule has 2 heterocycles. The molecule has 0 atom stereocenters. The molecule has 0 aliphatic heterocycles. The topological polar surface area (TPSA) is 46.8 Å². The van der Waals surface area contributed by atoms with Crippen LogP contribution in [0.25, 0.3) is 5.65 Å². The molecule has 140 valence electrons. The monoisotopic (exact) mass is 371 g/mol. The smallest absolute Gasteiger partial charge is 0.254 e. The van der Waals surface area contributed by atoms with Crippen LogP contribution in [0.3, 0.4) is 0 Å². The third kappa shape index (κ3) is 3.74. The molecule has 0 unspecified atom stereocenters. The maximum atomic E-state index is 13.0. The summed E-state index contributed by atoms with van der Waals surface area (Å²) in [5.74, 6) is 1.46. The third-order valence-corrected chi connectivity index (χ3v) is 4.60. The van der Waals surface area contributed by atoms with Gasteiger partial charge in [-0.15, -0.1) is 0 Å². The largest absolute Gasteiger partial charge is 0.457 e. The first-order valence-corrected chi connectivity index (χ1v) is 9.28. The first-order valence-electron chi connectivity index (χ1n) is 9.28. The summed E-state index contributed by atoms with van der Waals surface area (Å²) in [5, 5.41) is 0. The molecule has 28 heavy (non-hydrogen) atoms. The van der Waals surface area contributed by atoms with Crippen LogP contribution in [0.5, 0.6) is 11.5 Å². The highest BCUT2D eigenvalue weighted by Crippen LogP contribution is 2.22. The fraction of sp³-hybridized carbons (Fsp3) is 0.130. The highest BCUT2D eigenvalue weighted by atomic mass is 16.5. The Morgan fingerprint density at radius 2 is 1.68 bits per heavy atom. The number of ether oxygens (including phenoxy) is 1. The van der Waals surface area contributed by atoms with Gasteiger partial charge in [0, 0.05) is 18.3 Å². The molecule has 0 N–H and O–H groups in total. The number of pyridine rings is 1. The number of carbonyl (C=O) groups is 1. The molecule has 4 rings (SSSR count). The molecule has 0 fully saturated rings. The van der Waals surface area contributed by atoms with Crippen molar-refractivity contribution in [1.29, 1.82) is 0 Å². The number of fused-ring (bicyclic) bond motifs is 1. The summed E-state index contributed by atoms with van der Waals surface area (Å²) >= 11 is 0. The Labute approximate surface area is 163 Å². The van der Waals surface area contributed by atoms with Crippen molar-refractivity contribution >= 4 is 11.6 Å². The van der Waals surface area contributed by atoms with Crippen LogP contribution >= 0.6 is 0 Å². The minimum Gasteiger partial charge on any atom is -0.457 e. The summed E-state index contributed by atoms with van der Waals surface area (Å²) in [6, 6.07) is 22.7. The van der Waals surface area contributed by atoms with E-state index in [9.17, 15) is 4.79 Å². The summed E-state index contributed by atoms with van der Waals surface area (Å²) < 4.78 is 7.80. The van der Waals surface area contributed by atoms with Gasteiger partial charge in [0.25, 0.3) is 5.91 Å². The number of hydrogen-bond donors (Lipinski definition) is 0. The molecule has 5 heteroatoms. The Kier molecular flexibility index (Phi) is 5.06. The molecular formula is C23H21N3O2. The van der Waals surface area contributed by atoms with Gasteiger partial charge >= 0.3 is 0 Å². The second-order valence-corrected chi connectivity index (χ2v) is 6.44. The molecular weight excluding hydrogens is 350 g/mol. The van der Waals surface area contributed by atoms with E-state index in [0.29, 0.717) is 24.4 Å². The van der Waals surface area contributed by atoms with Crippen LogP contribution in [-0.2, 0) is 6.54 Å². The van der Waals surface area contributed by atoms with Crippen molar-refractivity contribution in [3.05, 3.63) is 96.4 Å². The van der Waals surface area contributed by atoms with E-state index in [1.807, 2.05) is 89.3 Å². The lowest BCUT2D eigenvalue weighted by atomic mass is 10.2. The van der Waals surface area contributed by atoms with Crippen molar-refractivity contribution in [1.82, 2.24) is 14.3 Å². The zero-order chi connectivity index (χ0) is 19.3. The number of para-hydroxylation sites is 1. The van der Waals surface area contributed by atoms with Crippen molar-refractivity contribution in [3.63, 3.8) is 0 Å². The Bertz CT molecular complexity index is 1070. The first kappa shape index (κ1) is 17.8. The lowest BCUT2D eigenvalue weighted by Crippen LogP contribution is -2.30. The van der Waals surface area contributed by atoms with Crippen LogP contribution in [0, 0.1) is 0 Å². The van der Waals surface area contributed by atoms with Gasteiger partial charge in [0.05, 0.1) is 18.4 Å². The van der Waals surface area contributed by atoms with Crippen molar-refractivity contribution in [3.8, 4) is 11.5 Å². The van der Waals surface area contributed by atoms with Gasteiger partial charge in [-0.25, -0.2) is 4.98 Å². The first-order chi connectivity index (χ1) is 13.7. The van der Waals surface area contributed by atoms with Crippen LogP contribution in [-0.4, -0.2) is 26.7 Å². The van der Waals surface area contributed by atoms with Crippen molar-refractivity contribution in [2.75, 3.05) is 6.54 Å². The standard InChI is InChI=1S/C23H21N3O2/c1-2-25(17-19-16-24-22-10-6-7-15-26(19)22)23(27)18-11-13-21(14-12-18)28-20-8-4-3-5-9-20/h3-16H,2,17H2,1H3. The maximum Gasteiger partial charge on any atom is 0.254 e. The summed E-state index contributed by atoms with van der Waals surface area (Å²) in [6.45, 7) is 3.10. The van der Waals surface area contributed by atoms with Crippen LogP contribution in [0.2, 0.25) is 0 Å². The predicted octanol–water partition coefficient (Wildman–Crippen LogP) is 4.79. The number of aromatic nitrogens is 2. The third-order valence-electron chi connectivity index (χ3n) is 4.60. The SMILES string of the molecule is CCN(Cc1cnc2ccccn12)C(=O)c1ccc(Oc2ccccc2)cc1. The number of nitrogens with zero attached hydrogens (tertiary/aromatic N) is 3. The Balaban J connectivity index is 1.49. The number of benzene rings is 2. The number of rotatable bonds is 6. The molecule has 0 saturated heterocycles. The van der Waals surface area contributed by atoms with Crippen molar-refractivity contribution in [2.24, 2.45) is 0 Å². The zero-order valence-corrected chi connectivity index (χ0v) is 15.7. The van der Waals surface area contributed by atoms with Gasteiger partial charge in [0.2, 0.25) is 0 Å². The van der Waals surface area contributed by atoms with Gasteiger partial charge in [-0.1, -0.05) is 24.3 Å². The van der Waals surface area contributed by atoms with Crippen molar-refractivity contribution < 1.29 is 9.53 Å². The van der Waals surface area contributed by atoms with Gasteiger partial charge < -0.3 is 14.0 Å². The van der Waals surface area contributed by atoms with E-state index < -0.39 is 0 Å². The summed E-state index contributed by atoms with van der Waals surface area (Å²) in [7, 11) is 0. The quantitative estimate of drug-likeness (QED) is 0.490. The van der Waals surface area contributed by atoms with Gasteiger partial charge in [-0.05, 0) is 55.5 Å². The summed E-state index contributed by atoms with van der Waals surface area (Å²) in [6.07, 6.45) is 3.79. The number of amides is 1. The lowest BCUT2D eigenvalue weighted by Gasteiger charge is -2.21. The minimum atomic E-state index is -0.0142. The Morgan fingerprint density at radius 3 is 2.43 bits per heavy atom. The molecule has 0 aliphatic rings. The van der Waals surface area contributed by atoms with Gasteiger partial charge in [0.15, 0.2) is 0 Å². The van der Waals surface area contributed by atoms with Crippen LogP contribution in [0.4, 0.5) is 0 Å². The molecule has 2 aromatic heterocycles. The normalized spacial score (nSPS) is 10.8. The molecule has 0 radical (unpaired) electrons. The zero-order valence-electron chi connectivity index (χ0n) is 15.7. The van der Waals surface area contributed by atoms with E-state index in [4.69, 9.17) is 4.74 Å². The van der Waals surface area contributed by atoms with Crippen LogP contribution in [0.1, 0.15) is 23.0 Å². The molecule has 0 aliphatic carbocycles. The Hall–Kier alpha value is -3.60. The van der Waals surface area contributed by atoms with E-state index in [-0.39, 0.29) is 5.91 Å². The molecule has 0 bridgehead atoms. The lowest BCUT2D eigenvalue weighted by molar-refractivity contribution is 0.0750. The average molecular weight is 371 g/mol. The second kappa shape index (κ2) is 7.96. The molecule has 5 nitrogen and oxygen atoms in total. The molecule has 0 saturated carbocycles. The van der Waals surface area contributed by atoms with Crippen LogP contribution in [0.15, 0.2) is 85.2 Å². The highest BCUT2D eigenvalue weighted by molar-refractivity contribution is 5.94. The van der Waals surface area contributed by atoms with Crippen LogP contribution < -0.4 is 4.74 Å². The molecule has 1 amide bonds. The molecule has 0 spiro atoms. The second-order valence-electron chi connectivity index (χ2n) is 6.44. The van der Waals surface area contributed by atoms with E-state index in [2.05, 4.69) is 4.98 Å². The maximum absolute atomic E-state index is 13.0. The van der Waals surface area contributed by atoms with E-state index in [1.165, 1.54) is 0 Å². The van der Waals surface area contributed by atoms with Gasteiger partial charge in [0.1, 0.15) is 17.1 Å². The number of carbonyl (C=O) groups excluding carboxylic acids is 1. The summed E-state index contributed by atoms with van der Waals surface area (Å²) in [4.78, 5) is 19.2. The molecule has 4 aromatic rings. The fourth-order valence-corrected chi connectivity index (χ4v) is 3.10.